The molecule has 1 unspecified atom stereocenters. The number of benzene rings is 2. The standard InChI is InChI=1S/C31H33FN6O/c1-21(34-2)31-29(36-20-33)13-24(27-11-10-25(32)15-28(27)23-9-6-12-35-16-23)14-30(31)37-39-26-18-38(19-26)17-22-7-4-3-5-8-22/h3-12,15-16,24,26H,2,13-14,17-20,33H2,1H3/b31-21+,36-29-,37-30+. The van der Waals surface area contributed by atoms with Gasteiger partial charge in [0.1, 0.15) is 5.82 Å². The molecule has 2 fully saturated rings. The van der Waals surface area contributed by atoms with Gasteiger partial charge in [-0.1, -0.05) is 47.6 Å². The Kier molecular flexibility index (Phi) is 8.34. The molecular weight excluding hydrogens is 491 g/mol. The highest BCUT2D eigenvalue weighted by molar-refractivity contribution is 6.27. The first kappa shape index (κ1) is 26.6. The van der Waals surface area contributed by atoms with Crippen LogP contribution in [0.5, 0.6) is 0 Å². The van der Waals surface area contributed by atoms with Crippen molar-refractivity contribution in [1.29, 1.82) is 0 Å². The summed E-state index contributed by atoms with van der Waals surface area (Å²) in [5, 5.41) is 4.66. The molecule has 7 nitrogen and oxygen atoms in total. The number of nitrogens with zero attached hydrogens (tertiary/aromatic N) is 5. The molecule has 2 aliphatic rings. The average Bonchev–Trinajstić information content (AvgIpc) is 2.94. The molecule has 200 valence electrons. The Labute approximate surface area is 228 Å². The number of nitrogens with two attached hydrogens (primary N) is 1. The molecule has 1 aliphatic heterocycles. The quantitative estimate of drug-likeness (QED) is 0.318. The molecular formula is C31H33FN6O. The Balaban J connectivity index is 1.41. The molecule has 1 aromatic heterocycles. The maximum atomic E-state index is 14.4. The zero-order chi connectivity index (χ0) is 27.2. The monoisotopic (exact) mass is 524 g/mol. The van der Waals surface area contributed by atoms with Crippen LogP contribution in [0.15, 0.2) is 99.5 Å². The zero-order valence-corrected chi connectivity index (χ0v) is 22.1. The lowest BCUT2D eigenvalue weighted by Gasteiger charge is -2.37. The molecule has 1 atom stereocenters. The molecule has 0 amide bonds. The van der Waals surface area contributed by atoms with Gasteiger partial charge in [-0.15, -0.1) is 0 Å². The van der Waals surface area contributed by atoms with Crippen molar-refractivity contribution in [2.24, 2.45) is 20.9 Å². The van der Waals surface area contributed by atoms with Gasteiger partial charge in [0.2, 0.25) is 0 Å². The van der Waals surface area contributed by atoms with Gasteiger partial charge in [0.25, 0.3) is 0 Å². The van der Waals surface area contributed by atoms with Crippen molar-refractivity contribution in [3.63, 3.8) is 0 Å². The van der Waals surface area contributed by atoms with Crippen molar-refractivity contribution in [3.05, 3.63) is 101 Å². The molecule has 5 rings (SSSR count). The van der Waals surface area contributed by atoms with Crippen LogP contribution in [0.25, 0.3) is 11.1 Å². The number of pyridine rings is 1. The summed E-state index contributed by atoms with van der Waals surface area (Å²) in [4.78, 5) is 21.4. The second kappa shape index (κ2) is 12.2. The molecule has 0 bridgehead atoms. The van der Waals surface area contributed by atoms with Gasteiger partial charge in [-0.25, -0.2) is 4.39 Å². The molecule has 1 saturated heterocycles. The summed E-state index contributed by atoms with van der Waals surface area (Å²) in [7, 11) is 0. The summed E-state index contributed by atoms with van der Waals surface area (Å²) < 4.78 is 14.4. The van der Waals surface area contributed by atoms with Crippen LogP contribution < -0.4 is 5.73 Å². The number of aromatic nitrogens is 1. The lowest BCUT2D eigenvalue weighted by molar-refractivity contribution is -0.0563. The molecule has 2 heterocycles. The third kappa shape index (κ3) is 6.19. The van der Waals surface area contributed by atoms with Crippen LogP contribution in [0.1, 0.15) is 36.8 Å². The van der Waals surface area contributed by atoms with Gasteiger partial charge in [0.05, 0.1) is 12.4 Å². The van der Waals surface area contributed by atoms with Crippen LogP contribution >= 0.6 is 0 Å². The minimum absolute atomic E-state index is 0.00603. The SMILES string of the molecule is C=N/C(C)=C1C(=N/CN)\CC(c2ccc(F)cc2-c2cccnc2)CC\1=N/OC1CN(Cc2ccccc2)C1. The highest BCUT2D eigenvalue weighted by Gasteiger charge is 2.33. The van der Waals surface area contributed by atoms with Gasteiger partial charge in [0.15, 0.2) is 6.10 Å². The number of hydrogen-bond acceptors (Lipinski definition) is 7. The summed E-state index contributed by atoms with van der Waals surface area (Å²) in [6.07, 6.45) is 4.67. The Bertz CT molecular complexity index is 1400. The zero-order valence-electron chi connectivity index (χ0n) is 22.1. The average molecular weight is 525 g/mol. The Morgan fingerprint density at radius 1 is 1.10 bits per heavy atom. The van der Waals surface area contributed by atoms with E-state index in [2.05, 4.69) is 56.0 Å². The van der Waals surface area contributed by atoms with Crippen LogP contribution in [0.3, 0.4) is 0 Å². The largest absolute Gasteiger partial charge is 0.390 e. The topological polar surface area (TPSA) is 88.5 Å². The molecule has 2 N–H and O–H groups in total. The summed E-state index contributed by atoms with van der Waals surface area (Å²) in [5.41, 5.74) is 12.9. The van der Waals surface area contributed by atoms with E-state index in [1.54, 1.807) is 18.5 Å². The van der Waals surface area contributed by atoms with E-state index in [0.29, 0.717) is 12.8 Å². The number of aliphatic imine (C=N–C) groups is 2. The molecule has 1 saturated carbocycles. The van der Waals surface area contributed by atoms with E-state index in [9.17, 15) is 4.39 Å². The predicted molar refractivity (Wildman–Crippen MR) is 154 cm³/mol. The van der Waals surface area contributed by atoms with E-state index in [0.717, 1.165) is 59.0 Å². The van der Waals surface area contributed by atoms with Gasteiger partial charge in [0, 0.05) is 61.0 Å². The molecule has 3 aromatic rings. The molecule has 0 radical (unpaired) electrons. The van der Waals surface area contributed by atoms with Crippen LogP contribution in [0.2, 0.25) is 0 Å². The highest BCUT2D eigenvalue weighted by atomic mass is 19.1. The predicted octanol–water partition coefficient (Wildman–Crippen LogP) is 5.35. The molecule has 2 aromatic carbocycles. The first-order chi connectivity index (χ1) is 19.1. The van der Waals surface area contributed by atoms with Gasteiger partial charge in [-0.3, -0.25) is 19.9 Å². The second-order valence-electron chi connectivity index (χ2n) is 9.93. The van der Waals surface area contributed by atoms with Crippen LogP contribution in [-0.2, 0) is 11.4 Å². The fraction of sp³-hybridized carbons (Fsp3) is 0.290. The number of oxime groups is 1. The maximum absolute atomic E-state index is 14.4. The summed E-state index contributed by atoms with van der Waals surface area (Å²) in [6.45, 7) is 8.27. The molecule has 39 heavy (non-hydrogen) atoms. The number of likely N-dealkylation sites (tertiary alicyclic amines) is 1. The maximum Gasteiger partial charge on any atom is 0.152 e. The summed E-state index contributed by atoms with van der Waals surface area (Å²) in [6, 6.07) is 19.1. The lowest BCUT2D eigenvalue weighted by Crippen LogP contribution is -2.50. The van der Waals surface area contributed by atoms with Crippen molar-refractivity contribution in [2.45, 2.75) is 38.3 Å². The van der Waals surface area contributed by atoms with Crippen molar-refractivity contribution in [3.8, 4) is 11.1 Å². The number of halogens is 1. The van der Waals surface area contributed by atoms with E-state index in [4.69, 9.17) is 10.6 Å². The molecule has 1 aliphatic carbocycles. The van der Waals surface area contributed by atoms with Crippen molar-refractivity contribution in [1.82, 2.24) is 9.88 Å². The van der Waals surface area contributed by atoms with Gasteiger partial charge in [-0.2, -0.15) is 0 Å². The molecule has 0 spiro atoms. The highest BCUT2D eigenvalue weighted by Crippen LogP contribution is 2.39. The summed E-state index contributed by atoms with van der Waals surface area (Å²) in [5.74, 6) is -0.301. The summed E-state index contributed by atoms with van der Waals surface area (Å²) >= 11 is 0. The lowest BCUT2D eigenvalue weighted by atomic mass is 9.76. The number of hydrogen-bond donors (Lipinski definition) is 1. The van der Waals surface area contributed by atoms with E-state index >= 15 is 0 Å². The van der Waals surface area contributed by atoms with Gasteiger partial charge < -0.3 is 10.6 Å². The normalized spacial score (nSPS) is 21.6. The van der Waals surface area contributed by atoms with Gasteiger partial charge in [-0.05, 0) is 60.9 Å². The third-order valence-electron chi connectivity index (χ3n) is 7.25. The number of rotatable bonds is 8. The van der Waals surface area contributed by atoms with Crippen LogP contribution in [0, 0.1) is 5.82 Å². The molecule has 8 heteroatoms. The van der Waals surface area contributed by atoms with Gasteiger partial charge >= 0.3 is 0 Å². The van der Waals surface area contributed by atoms with Crippen molar-refractivity contribution >= 4 is 18.1 Å². The van der Waals surface area contributed by atoms with E-state index < -0.39 is 0 Å². The van der Waals surface area contributed by atoms with Crippen molar-refractivity contribution in [2.75, 3.05) is 19.8 Å². The Hall–Kier alpha value is -4.01. The Morgan fingerprint density at radius 2 is 1.90 bits per heavy atom. The third-order valence-corrected chi connectivity index (χ3v) is 7.25. The minimum atomic E-state index is -0.293. The fourth-order valence-electron chi connectivity index (χ4n) is 5.32. The number of allylic oxidation sites excluding steroid dienone is 2. The smallest absolute Gasteiger partial charge is 0.152 e. The minimum Gasteiger partial charge on any atom is -0.390 e. The van der Waals surface area contributed by atoms with E-state index in [-0.39, 0.29) is 24.5 Å². The fourth-order valence-corrected chi connectivity index (χ4v) is 5.32. The van der Waals surface area contributed by atoms with E-state index in [1.807, 2.05) is 31.2 Å². The van der Waals surface area contributed by atoms with E-state index in [1.165, 1.54) is 11.6 Å². The van der Waals surface area contributed by atoms with Crippen LogP contribution in [0.4, 0.5) is 4.39 Å². The van der Waals surface area contributed by atoms with Crippen molar-refractivity contribution < 1.29 is 9.23 Å². The second-order valence-corrected chi connectivity index (χ2v) is 9.93. The Morgan fingerprint density at radius 3 is 2.62 bits per heavy atom. The first-order valence-electron chi connectivity index (χ1n) is 13.2. The first-order valence-corrected chi connectivity index (χ1v) is 13.2. The van der Waals surface area contributed by atoms with Crippen LogP contribution in [-0.4, -0.2) is 53.9 Å².